The second-order valence-electron chi connectivity index (χ2n) is 6.78. The van der Waals surface area contributed by atoms with Crippen LogP contribution in [-0.2, 0) is 30.9 Å². The summed E-state index contributed by atoms with van der Waals surface area (Å²) in [6.45, 7) is 2.28. The molecule has 0 aromatic heterocycles. The van der Waals surface area contributed by atoms with Crippen LogP contribution in [0.3, 0.4) is 0 Å². The van der Waals surface area contributed by atoms with Gasteiger partial charge in [-0.2, -0.15) is 4.31 Å². The van der Waals surface area contributed by atoms with Crippen molar-refractivity contribution in [3.63, 3.8) is 0 Å². The summed E-state index contributed by atoms with van der Waals surface area (Å²) in [4.78, 5) is 23.9. The molecule has 2 saturated heterocycles. The molecule has 2 amide bonds. The molecule has 148 valence electrons. The number of nitrogens with zero attached hydrogens (tertiary/aromatic N) is 1. The summed E-state index contributed by atoms with van der Waals surface area (Å²) >= 11 is 0. The Morgan fingerprint density at radius 2 is 1.70 bits per heavy atom. The molecule has 27 heavy (non-hydrogen) atoms. The first-order chi connectivity index (χ1) is 13.0. The van der Waals surface area contributed by atoms with Gasteiger partial charge >= 0.3 is 11.8 Å². The zero-order chi connectivity index (χ0) is 19.3. The molecule has 1 aromatic rings. The molecule has 2 heterocycles. The van der Waals surface area contributed by atoms with Gasteiger partial charge in [0.25, 0.3) is 0 Å². The van der Waals surface area contributed by atoms with Gasteiger partial charge in [0.1, 0.15) is 0 Å². The van der Waals surface area contributed by atoms with Gasteiger partial charge in [0, 0.05) is 32.8 Å². The van der Waals surface area contributed by atoms with E-state index in [1.807, 2.05) is 0 Å². The number of amides is 2. The van der Waals surface area contributed by atoms with Gasteiger partial charge in [-0.3, -0.25) is 9.59 Å². The van der Waals surface area contributed by atoms with E-state index in [0.717, 1.165) is 31.2 Å². The lowest BCUT2D eigenvalue weighted by Gasteiger charge is -2.15. The maximum absolute atomic E-state index is 12.5. The Morgan fingerprint density at radius 3 is 2.33 bits per heavy atom. The molecule has 1 atom stereocenters. The number of carbonyl (C=O) groups is 2. The molecule has 0 radical (unpaired) electrons. The molecule has 0 aliphatic carbocycles. The highest BCUT2D eigenvalue weighted by atomic mass is 32.2. The first kappa shape index (κ1) is 19.8. The standard InChI is InChI=1S/C18H25N3O5S/c22-17(18(23)20-13-15-4-3-11-26-15)19-12-14-5-7-16(8-6-14)27(24,25)21-9-1-2-10-21/h5-8,15H,1-4,9-13H2,(H,19,22)(H,20,23). The largest absolute Gasteiger partial charge is 0.376 e. The summed E-state index contributed by atoms with van der Waals surface area (Å²) in [6.07, 6.45) is 3.60. The van der Waals surface area contributed by atoms with Crippen molar-refractivity contribution >= 4 is 21.8 Å². The molecule has 8 nitrogen and oxygen atoms in total. The predicted octanol–water partition coefficient (Wildman–Crippen LogP) is 0.382. The second-order valence-corrected chi connectivity index (χ2v) is 8.72. The second kappa shape index (κ2) is 8.81. The highest BCUT2D eigenvalue weighted by Gasteiger charge is 2.27. The summed E-state index contributed by atoms with van der Waals surface area (Å²) < 4.78 is 31.8. The van der Waals surface area contributed by atoms with Crippen molar-refractivity contribution in [1.29, 1.82) is 0 Å². The number of hydrogen-bond acceptors (Lipinski definition) is 5. The fourth-order valence-electron chi connectivity index (χ4n) is 3.21. The zero-order valence-corrected chi connectivity index (χ0v) is 16.0. The van der Waals surface area contributed by atoms with E-state index in [1.165, 1.54) is 16.4 Å². The first-order valence-corrected chi connectivity index (χ1v) is 10.7. The van der Waals surface area contributed by atoms with Crippen LogP contribution in [0.4, 0.5) is 0 Å². The third-order valence-corrected chi connectivity index (χ3v) is 6.71. The van der Waals surface area contributed by atoms with Crippen molar-refractivity contribution in [3.8, 4) is 0 Å². The third kappa shape index (κ3) is 5.06. The van der Waals surface area contributed by atoms with Gasteiger partial charge in [-0.05, 0) is 43.4 Å². The molecule has 9 heteroatoms. The van der Waals surface area contributed by atoms with Crippen LogP contribution < -0.4 is 10.6 Å². The normalized spacial score (nSPS) is 20.5. The first-order valence-electron chi connectivity index (χ1n) is 9.23. The molecule has 3 rings (SSSR count). The minimum Gasteiger partial charge on any atom is -0.376 e. The summed E-state index contributed by atoms with van der Waals surface area (Å²) in [5.41, 5.74) is 0.718. The van der Waals surface area contributed by atoms with Crippen LogP contribution in [0.25, 0.3) is 0 Å². The van der Waals surface area contributed by atoms with Crippen LogP contribution in [0.5, 0.6) is 0 Å². The predicted molar refractivity (Wildman–Crippen MR) is 98.3 cm³/mol. The van der Waals surface area contributed by atoms with E-state index in [9.17, 15) is 18.0 Å². The molecule has 0 saturated carbocycles. The van der Waals surface area contributed by atoms with Gasteiger partial charge in [-0.15, -0.1) is 0 Å². The summed E-state index contributed by atoms with van der Waals surface area (Å²) in [6, 6.07) is 6.36. The number of carbonyl (C=O) groups excluding carboxylic acids is 2. The number of nitrogens with one attached hydrogen (secondary N) is 2. The summed E-state index contributed by atoms with van der Waals surface area (Å²) in [7, 11) is -3.45. The van der Waals surface area contributed by atoms with E-state index in [-0.39, 0.29) is 17.5 Å². The van der Waals surface area contributed by atoms with E-state index in [0.29, 0.717) is 26.2 Å². The van der Waals surface area contributed by atoms with Gasteiger partial charge < -0.3 is 15.4 Å². The molecular formula is C18H25N3O5S. The highest BCUT2D eigenvalue weighted by Crippen LogP contribution is 2.21. The molecular weight excluding hydrogens is 370 g/mol. The topological polar surface area (TPSA) is 105 Å². The fraction of sp³-hybridized carbons (Fsp3) is 0.556. The van der Waals surface area contributed by atoms with Crippen LogP contribution in [0.1, 0.15) is 31.2 Å². The van der Waals surface area contributed by atoms with Gasteiger partial charge in [0.15, 0.2) is 0 Å². The summed E-state index contributed by atoms with van der Waals surface area (Å²) in [5.74, 6) is -1.42. The maximum atomic E-state index is 12.5. The molecule has 2 aliphatic rings. The Labute approximate surface area is 159 Å². The molecule has 2 aliphatic heterocycles. The average molecular weight is 395 g/mol. The Kier molecular flexibility index (Phi) is 6.46. The van der Waals surface area contributed by atoms with Crippen molar-refractivity contribution in [2.75, 3.05) is 26.2 Å². The van der Waals surface area contributed by atoms with E-state index < -0.39 is 21.8 Å². The van der Waals surface area contributed by atoms with Crippen LogP contribution >= 0.6 is 0 Å². The maximum Gasteiger partial charge on any atom is 0.309 e. The van der Waals surface area contributed by atoms with E-state index in [4.69, 9.17) is 4.74 Å². The number of benzene rings is 1. The molecule has 0 spiro atoms. The number of sulfonamides is 1. The minimum absolute atomic E-state index is 0.0214. The van der Waals surface area contributed by atoms with Crippen molar-refractivity contribution < 1.29 is 22.7 Å². The molecule has 1 unspecified atom stereocenters. The molecule has 0 bridgehead atoms. The van der Waals surface area contributed by atoms with Crippen molar-refractivity contribution in [1.82, 2.24) is 14.9 Å². The third-order valence-electron chi connectivity index (χ3n) is 4.80. The summed E-state index contributed by atoms with van der Waals surface area (Å²) in [5, 5.41) is 5.10. The minimum atomic E-state index is -3.45. The lowest BCUT2D eigenvalue weighted by Crippen LogP contribution is -2.42. The van der Waals surface area contributed by atoms with E-state index in [2.05, 4.69) is 10.6 Å². The Morgan fingerprint density at radius 1 is 1.04 bits per heavy atom. The smallest absolute Gasteiger partial charge is 0.309 e. The van der Waals surface area contributed by atoms with Crippen LogP contribution in [0.2, 0.25) is 0 Å². The van der Waals surface area contributed by atoms with Gasteiger partial charge in [0.2, 0.25) is 10.0 Å². The van der Waals surface area contributed by atoms with Crippen LogP contribution in [0.15, 0.2) is 29.2 Å². The number of hydrogen-bond donors (Lipinski definition) is 2. The highest BCUT2D eigenvalue weighted by molar-refractivity contribution is 7.89. The Hall–Kier alpha value is -1.97. The van der Waals surface area contributed by atoms with E-state index in [1.54, 1.807) is 12.1 Å². The van der Waals surface area contributed by atoms with Crippen LogP contribution in [-0.4, -0.2) is 56.9 Å². The Balaban J connectivity index is 1.47. The lowest BCUT2D eigenvalue weighted by atomic mass is 10.2. The molecule has 2 fully saturated rings. The van der Waals surface area contributed by atoms with Gasteiger partial charge in [0.05, 0.1) is 11.0 Å². The van der Waals surface area contributed by atoms with Crippen molar-refractivity contribution in [2.45, 2.75) is 43.2 Å². The van der Waals surface area contributed by atoms with Crippen molar-refractivity contribution in [3.05, 3.63) is 29.8 Å². The van der Waals surface area contributed by atoms with Crippen molar-refractivity contribution in [2.24, 2.45) is 0 Å². The lowest BCUT2D eigenvalue weighted by molar-refractivity contribution is -0.139. The van der Waals surface area contributed by atoms with E-state index >= 15 is 0 Å². The van der Waals surface area contributed by atoms with Gasteiger partial charge in [-0.25, -0.2) is 8.42 Å². The SMILES string of the molecule is O=C(NCc1ccc(S(=O)(=O)N2CCCC2)cc1)C(=O)NCC1CCCO1. The molecule has 2 N–H and O–H groups in total. The quantitative estimate of drug-likeness (QED) is 0.678. The Bertz CT molecular complexity index is 767. The zero-order valence-electron chi connectivity index (χ0n) is 15.1. The fourth-order valence-corrected chi connectivity index (χ4v) is 4.73. The monoisotopic (exact) mass is 395 g/mol. The molecule has 1 aromatic carbocycles. The average Bonchev–Trinajstić information content (AvgIpc) is 3.38. The van der Waals surface area contributed by atoms with Crippen LogP contribution in [0, 0.1) is 0 Å². The number of ether oxygens (including phenoxy) is 1. The van der Waals surface area contributed by atoms with Gasteiger partial charge in [-0.1, -0.05) is 12.1 Å². The number of rotatable bonds is 6.